The SMILES string of the molecule is CC(=O)C1=NO[C@@H](C)C1. The van der Waals surface area contributed by atoms with Gasteiger partial charge in [-0.3, -0.25) is 4.79 Å². The van der Waals surface area contributed by atoms with Crippen LogP contribution in [0.15, 0.2) is 5.16 Å². The van der Waals surface area contributed by atoms with Gasteiger partial charge >= 0.3 is 0 Å². The van der Waals surface area contributed by atoms with Crippen LogP contribution < -0.4 is 0 Å². The van der Waals surface area contributed by atoms with E-state index >= 15 is 0 Å². The number of oxime groups is 1. The fraction of sp³-hybridized carbons (Fsp3) is 0.667. The molecule has 0 aromatic heterocycles. The fourth-order valence-electron chi connectivity index (χ4n) is 0.708. The van der Waals surface area contributed by atoms with Gasteiger partial charge in [0.05, 0.1) is 0 Å². The summed E-state index contributed by atoms with van der Waals surface area (Å²) in [6.07, 6.45) is 0.749. The van der Waals surface area contributed by atoms with Crippen molar-refractivity contribution in [1.29, 1.82) is 0 Å². The molecule has 0 saturated carbocycles. The number of hydrogen-bond donors (Lipinski definition) is 0. The minimum absolute atomic E-state index is 0.0133. The smallest absolute Gasteiger partial charge is 0.177 e. The maximum atomic E-state index is 10.6. The van der Waals surface area contributed by atoms with Gasteiger partial charge in [0, 0.05) is 13.3 Å². The molecule has 0 fully saturated rings. The van der Waals surface area contributed by atoms with Crippen molar-refractivity contribution in [1.82, 2.24) is 0 Å². The van der Waals surface area contributed by atoms with E-state index in [0.29, 0.717) is 12.1 Å². The summed E-state index contributed by atoms with van der Waals surface area (Å²) in [5, 5.41) is 3.58. The summed E-state index contributed by atoms with van der Waals surface area (Å²) in [6, 6.07) is 0. The predicted octanol–water partition coefficient (Wildman–Crippen LogP) is 0.740. The average molecular weight is 127 g/mol. The Morgan fingerprint density at radius 1 is 1.89 bits per heavy atom. The molecule has 0 unspecified atom stereocenters. The van der Waals surface area contributed by atoms with Crippen LogP contribution in [-0.2, 0) is 9.63 Å². The Kier molecular flexibility index (Phi) is 1.51. The van der Waals surface area contributed by atoms with E-state index in [1.807, 2.05) is 6.92 Å². The highest BCUT2D eigenvalue weighted by molar-refractivity contribution is 6.39. The lowest BCUT2D eigenvalue weighted by molar-refractivity contribution is -0.111. The van der Waals surface area contributed by atoms with Gasteiger partial charge in [0.2, 0.25) is 0 Å². The highest BCUT2D eigenvalue weighted by atomic mass is 16.6. The zero-order valence-corrected chi connectivity index (χ0v) is 5.55. The van der Waals surface area contributed by atoms with Crippen LogP contribution in [0.5, 0.6) is 0 Å². The van der Waals surface area contributed by atoms with Gasteiger partial charge in [-0.2, -0.15) is 0 Å². The minimum Gasteiger partial charge on any atom is -0.392 e. The third-order valence-corrected chi connectivity index (χ3v) is 1.23. The largest absolute Gasteiger partial charge is 0.392 e. The van der Waals surface area contributed by atoms with Crippen molar-refractivity contribution in [3.63, 3.8) is 0 Å². The molecule has 50 valence electrons. The van der Waals surface area contributed by atoms with E-state index in [2.05, 4.69) is 5.16 Å². The second kappa shape index (κ2) is 2.17. The average Bonchev–Trinajstić information content (AvgIpc) is 2.14. The van der Waals surface area contributed by atoms with E-state index < -0.39 is 0 Å². The van der Waals surface area contributed by atoms with Crippen LogP contribution in [0, 0.1) is 0 Å². The molecule has 1 heterocycles. The fourth-order valence-corrected chi connectivity index (χ4v) is 0.708. The Morgan fingerprint density at radius 2 is 2.56 bits per heavy atom. The summed E-state index contributed by atoms with van der Waals surface area (Å²) in [6.45, 7) is 3.39. The highest BCUT2D eigenvalue weighted by Crippen LogP contribution is 2.08. The third kappa shape index (κ3) is 1.28. The molecule has 1 aliphatic rings. The Labute approximate surface area is 53.7 Å². The zero-order chi connectivity index (χ0) is 6.85. The summed E-state index contributed by atoms with van der Waals surface area (Å²) in [4.78, 5) is 15.4. The molecule has 0 saturated heterocycles. The van der Waals surface area contributed by atoms with E-state index in [4.69, 9.17) is 4.84 Å². The quantitative estimate of drug-likeness (QED) is 0.521. The second-order valence-corrected chi connectivity index (χ2v) is 2.21. The van der Waals surface area contributed by atoms with Crippen LogP contribution in [0.25, 0.3) is 0 Å². The second-order valence-electron chi connectivity index (χ2n) is 2.21. The van der Waals surface area contributed by atoms with Crippen LogP contribution in [-0.4, -0.2) is 17.6 Å². The van der Waals surface area contributed by atoms with Crippen molar-refractivity contribution in [2.45, 2.75) is 26.4 Å². The van der Waals surface area contributed by atoms with E-state index in [9.17, 15) is 4.79 Å². The van der Waals surface area contributed by atoms with Gasteiger partial charge in [0.1, 0.15) is 11.8 Å². The third-order valence-electron chi connectivity index (χ3n) is 1.23. The van der Waals surface area contributed by atoms with Crippen molar-refractivity contribution >= 4 is 11.5 Å². The van der Waals surface area contributed by atoms with Gasteiger partial charge in [-0.1, -0.05) is 5.16 Å². The van der Waals surface area contributed by atoms with Gasteiger partial charge in [-0.15, -0.1) is 0 Å². The number of hydrogen-bond acceptors (Lipinski definition) is 3. The van der Waals surface area contributed by atoms with Crippen LogP contribution in [0.3, 0.4) is 0 Å². The first-order chi connectivity index (χ1) is 4.20. The van der Waals surface area contributed by atoms with Crippen LogP contribution >= 0.6 is 0 Å². The Morgan fingerprint density at radius 3 is 2.78 bits per heavy atom. The van der Waals surface area contributed by atoms with E-state index in [0.717, 1.165) is 0 Å². The Balaban J connectivity index is 2.55. The van der Waals surface area contributed by atoms with Crippen molar-refractivity contribution in [3.05, 3.63) is 0 Å². The van der Waals surface area contributed by atoms with Crippen LogP contribution in [0.1, 0.15) is 20.3 Å². The van der Waals surface area contributed by atoms with Crippen molar-refractivity contribution < 1.29 is 9.63 Å². The molecular weight excluding hydrogens is 118 g/mol. The minimum atomic E-state index is 0.0133. The number of rotatable bonds is 1. The van der Waals surface area contributed by atoms with Gasteiger partial charge in [0.25, 0.3) is 0 Å². The molecule has 0 N–H and O–H groups in total. The van der Waals surface area contributed by atoms with Crippen molar-refractivity contribution in [2.75, 3.05) is 0 Å². The molecule has 0 amide bonds. The van der Waals surface area contributed by atoms with E-state index in [1.54, 1.807) is 0 Å². The van der Waals surface area contributed by atoms with E-state index in [-0.39, 0.29) is 11.9 Å². The number of carbonyl (C=O) groups excluding carboxylic acids is 1. The van der Waals surface area contributed by atoms with Gasteiger partial charge in [-0.05, 0) is 6.92 Å². The molecule has 3 nitrogen and oxygen atoms in total. The number of ketones is 1. The molecule has 1 aliphatic heterocycles. The predicted molar refractivity (Wildman–Crippen MR) is 33.3 cm³/mol. The molecule has 1 rings (SSSR count). The highest BCUT2D eigenvalue weighted by Gasteiger charge is 2.18. The summed E-state index contributed by atoms with van der Waals surface area (Å²) >= 11 is 0. The topological polar surface area (TPSA) is 38.7 Å². The molecule has 0 aromatic carbocycles. The van der Waals surface area contributed by atoms with Crippen molar-refractivity contribution in [2.24, 2.45) is 5.16 Å². The zero-order valence-electron chi connectivity index (χ0n) is 5.55. The first-order valence-corrected chi connectivity index (χ1v) is 2.94. The number of Topliss-reactive ketones (excluding diaryl/α,β-unsaturated/α-hetero) is 1. The van der Waals surface area contributed by atoms with Gasteiger partial charge in [-0.25, -0.2) is 0 Å². The molecule has 1 atom stereocenters. The Bertz CT molecular complexity index is 162. The number of nitrogens with zero attached hydrogens (tertiary/aromatic N) is 1. The summed E-state index contributed by atoms with van der Waals surface area (Å²) in [5.74, 6) is 0.0133. The maximum absolute atomic E-state index is 10.6. The summed E-state index contributed by atoms with van der Waals surface area (Å²) in [5.41, 5.74) is 0.558. The maximum Gasteiger partial charge on any atom is 0.177 e. The standard InChI is InChI=1S/C6H9NO2/c1-4-3-6(5(2)8)7-9-4/h4H,3H2,1-2H3/t4-/m0/s1. The summed E-state index contributed by atoms with van der Waals surface area (Å²) < 4.78 is 0. The van der Waals surface area contributed by atoms with E-state index in [1.165, 1.54) is 6.92 Å². The van der Waals surface area contributed by atoms with Crippen molar-refractivity contribution in [3.8, 4) is 0 Å². The lowest BCUT2D eigenvalue weighted by Crippen LogP contribution is -2.09. The lowest BCUT2D eigenvalue weighted by Gasteiger charge is -1.94. The normalized spacial score (nSPS) is 25.1. The van der Waals surface area contributed by atoms with Crippen LogP contribution in [0.4, 0.5) is 0 Å². The molecule has 0 aromatic rings. The molecular formula is C6H9NO2. The lowest BCUT2D eigenvalue weighted by atomic mass is 10.1. The summed E-state index contributed by atoms with van der Waals surface area (Å²) in [7, 11) is 0. The molecule has 0 aliphatic carbocycles. The first kappa shape index (κ1) is 6.26. The monoisotopic (exact) mass is 127 g/mol. The number of carbonyl (C=O) groups is 1. The van der Waals surface area contributed by atoms with Gasteiger partial charge < -0.3 is 4.84 Å². The first-order valence-electron chi connectivity index (χ1n) is 2.94. The van der Waals surface area contributed by atoms with Crippen LogP contribution in [0.2, 0.25) is 0 Å². The molecule has 0 spiro atoms. The molecule has 0 bridgehead atoms. The van der Waals surface area contributed by atoms with Gasteiger partial charge in [0.15, 0.2) is 5.78 Å². The molecule has 3 heteroatoms. The molecule has 9 heavy (non-hydrogen) atoms. The molecule has 0 radical (unpaired) electrons. The Hall–Kier alpha value is -0.860.